The summed E-state index contributed by atoms with van der Waals surface area (Å²) in [5.41, 5.74) is 0.165. The zero-order valence-electron chi connectivity index (χ0n) is 11.8. The summed E-state index contributed by atoms with van der Waals surface area (Å²) in [7, 11) is -7.22. The van der Waals surface area contributed by atoms with Crippen LogP contribution in [0, 0.1) is 5.41 Å². The maximum absolute atomic E-state index is 12.4. The number of benzene rings is 1. The molecule has 0 spiro atoms. The van der Waals surface area contributed by atoms with E-state index in [1.165, 1.54) is 6.07 Å². The summed E-state index contributed by atoms with van der Waals surface area (Å²) in [4.78, 5) is 0.131. The third-order valence-corrected chi connectivity index (χ3v) is 6.89. The fraction of sp³-hybridized carbons (Fsp3) is 0.538. The third-order valence-electron chi connectivity index (χ3n) is 3.15. The molecule has 0 amide bonds. The number of hydrogen-bond acceptors (Lipinski definition) is 4. The molecule has 112 valence electrons. The summed E-state index contributed by atoms with van der Waals surface area (Å²) in [6.45, 7) is 6.01. The van der Waals surface area contributed by atoms with Gasteiger partial charge < -0.3 is 0 Å². The maximum atomic E-state index is 12.4. The quantitative estimate of drug-likeness (QED) is 0.915. The van der Waals surface area contributed by atoms with Crippen LogP contribution in [0.1, 0.15) is 31.6 Å². The van der Waals surface area contributed by atoms with Crippen LogP contribution in [0.2, 0.25) is 0 Å². The second kappa shape index (κ2) is 4.82. The van der Waals surface area contributed by atoms with Crippen molar-refractivity contribution in [3.63, 3.8) is 0 Å². The predicted molar refractivity (Wildman–Crippen MR) is 77.6 cm³/mol. The molecular weight excluding hydrogens is 298 g/mol. The van der Waals surface area contributed by atoms with Crippen molar-refractivity contribution in [2.75, 3.05) is 12.3 Å². The number of sulfonamides is 1. The summed E-state index contributed by atoms with van der Waals surface area (Å²) in [5, 5.41) is -1.02. The van der Waals surface area contributed by atoms with Crippen LogP contribution in [0.4, 0.5) is 0 Å². The second-order valence-electron chi connectivity index (χ2n) is 6.23. The van der Waals surface area contributed by atoms with Crippen molar-refractivity contribution in [3.05, 3.63) is 29.8 Å². The van der Waals surface area contributed by atoms with Crippen LogP contribution in [0.25, 0.3) is 0 Å². The minimum Gasteiger partial charge on any atom is -0.224 e. The first-order valence-corrected chi connectivity index (χ1v) is 9.53. The first-order valence-electron chi connectivity index (χ1n) is 6.33. The fourth-order valence-electron chi connectivity index (χ4n) is 2.08. The molecule has 0 radical (unpaired) electrons. The maximum Gasteiger partial charge on any atom is 0.219 e. The molecule has 0 unspecified atom stereocenters. The van der Waals surface area contributed by atoms with Crippen molar-refractivity contribution in [1.29, 1.82) is 0 Å². The molecule has 0 saturated heterocycles. The highest BCUT2D eigenvalue weighted by atomic mass is 32.2. The topological polar surface area (TPSA) is 80.3 Å². The SMILES string of the molecule is CC(C)(C)CNS(=O)(=O)[C@@H]1CS(=O)(=O)c2ccccc21. The molecule has 5 nitrogen and oxygen atoms in total. The molecule has 1 aliphatic heterocycles. The molecule has 7 heteroatoms. The van der Waals surface area contributed by atoms with Gasteiger partial charge in [-0.05, 0) is 17.0 Å². The van der Waals surface area contributed by atoms with E-state index in [0.29, 0.717) is 5.56 Å². The van der Waals surface area contributed by atoms with Gasteiger partial charge in [0, 0.05) is 6.54 Å². The molecular formula is C13H19NO4S2. The van der Waals surface area contributed by atoms with Gasteiger partial charge >= 0.3 is 0 Å². The van der Waals surface area contributed by atoms with Gasteiger partial charge in [-0.3, -0.25) is 0 Å². The Hall–Kier alpha value is -0.920. The van der Waals surface area contributed by atoms with Crippen LogP contribution >= 0.6 is 0 Å². The lowest BCUT2D eigenvalue weighted by Crippen LogP contribution is -2.36. The van der Waals surface area contributed by atoms with Crippen molar-refractivity contribution in [2.45, 2.75) is 30.9 Å². The number of rotatable bonds is 3. The van der Waals surface area contributed by atoms with Crippen molar-refractivity contribution in [3.8, 4) is 0 Å². The molecule has 1 aromatic rings. The Morgan fingerprint density at radius 3 is 2.45 bits per heavy atom. The Morgan fingerprint density at radius 1 is 1.25 bits per heavy atom. The van der Waals surface area contributed by atoms with E-state index in [2.05, 4.69) is 4.72 Å². The van der Waals surface area contributed by atoms with E-state index < -0.39 is 25.1 Å². The van der Waals surface area contributed by atoms with Gasteiger partial charge in [-0.1, -0.05) is 39.0 Å². The van der Waals surface area contributed by atoms with Crippen LogP contribution in [0.15, 0.2) is 29.2 Å². The van der Waals surface area contributed by atoms with Crippen molar-refractivity contribution < 1.29 is 16.8 Å². The van der Waals surface area contributed by atoms with Gasteiger partial charge in [-0.15, -0.1) is 0 Å². The van der Waals surface area contributed by atoms with Crippen molar-refractivity contribution >= 4 is 19.9 Å². The Kier molecular flexibility index (Phi) is 3.73. The smallest absolute Gasteiger partial charge is 0.219 e. The highest BCUT2D eigenvalue weighted by molar-refractivity contribution is 7.95. The number of sulfone groups is 1. The van der Waals surface area contributed by atoms with Crippen LogP contribution in [-0.4, -0.2) is 29.1 Å². The number of fused-ring (bicyclic) bond motifs is 1. The summed E-state index contributed by atoms with van der Waals surface area (Å²) in [5.74, 6) is -0.383. The molecule has 0 bridgehead atoms. The molecule has 2 rings (SSSR count). The molecule has 1 aliphatic rings. The van der Waals surface area contributed by atoms with Crippen molar-refractivity contribution in [2.24, 2.45) is 5.41 Å². The van der Waals surface area contributed by atoms with Gasteiger partial charge in [0.25, 0.3) is 0 Å². The molecule has 1 atom stereocenters. The van der Waals surface area contributed by atoms with Crippen LogP contribution < -0.4 is 4.72 Å². The first-order chi connectivity index (χ1) is 9.03. The molecule has 0 aliphatic carbocycles. The monoisotopic (exact) mass is 317 g/mol. The lowest BCUT2D eigenvalue weighted by molar-refractivity contribution is 0.406. The van der Waals surface area contributed by atoms with E-state index in [9.17, 15) is 16.8 Å². The van der Waals surface area contributed by atoms with Gasteiger partial charge in [0.15, 0.2) is 9.84 Å². The fourth-order valence-corrected chi connectivity index (χ4v) is 6.40. The molecule has 1 heterocycles. The zero-order chi connectivity index (χ0) is 15.2. The summed E-state index contributed by atoms with van der Waals surface area (Å²) in [6, 6.07) is 6.30. The van der Waals surface area contributed by atoms with Gasteiger partial charge in [-0.25, -0.2) is 21.6 Å². The Labute approximate surface area is 120 Å². The van der Waals surface area contributed by atoms with E-state index in [-0.39, 0.29) is 22.6 Å². The van der Waals surface area contributed by atoms with Crippen LogP contribution in [-0.2, 0) is 19.9 Å². The second-order valence-corrected chi connectivity index (χ2v) is 10.2. The van der Waals surface area contributed by atoms with E-state index in [0.717, 1.165) is 0 Å². The lowest BCUT2D eigenvalue weighted by atomic mass is 9.98. The summed E-state index contributed by atoms with van der Waals surface area (Å²) >= 11 is 0. The minimum absolute atomic E-state index is 0.131. The molecule has 0 fully saturated rings. The standard InChI is InChI=1S/C13H19NO4S2/c1-13(2,3)9-14-20(17,18)12-8-19(15,16)11-7-5-4-6-10(11)12/h4-7,12,14H,8-9H2,1-3H3/t12-/m1/s1. The van der Waals surface area contributed by atoms with Gasteiger partial charge in [0.05, 0.1) is 10.6 Å². The molecule has 0 aromatic heterocycles. The van der Waals surface area contributed by atoms with E-state index in [1.807, 2.05) is 20.8 Å². The molecule has 1 N–H and O–H groups in total. The average molecular weight is 317 g/mol. The highest BCUT2D eigenvalue weighted by Crippen LogP contribution is 2.37. The molecule has 1 aromatic carbocycles. The van der Waals surface area contributed by atoms with E-state index in [1.54, 1.807) is 18.2 Å². The number of nitrogens with one attached hydrogen (secondary N) is 1. The third kappa shape index (κ3) is 3.05. The predicted octanol–water partition coefficient (Wildman–Crippen LogP) is 1.48. The highest BCUT2D eigenvalue weighted by Gasteiger charge is 2.42. The zero-order valence-corrected chi connectivity index (χ0v) is 13.4. The Morgan fingerprint density at radius 2 is 1.85 bits per heavy atom. The van der Waals surface area contributed by atoms with Crippen molar-refractivity contribution in [1.82, 2.24) is 4.72 Å². The van der Waals surface area contributed by atoms with Gasteiger partial charge in [-0.2, -0.15) is 0 Å². The minimum atomic E-state index is -3.71. The Balaban J connectivity index is 2.36. The molecule has 20 heavy (non-hydrogen) atoms. The van der Waals surface area contributed by atoms with Crippen LogP contribution in [0.5, 0.6) is 0 Å². The Bertz CT molecular complexity index is 715. The summed E-state index contributed by atoms with van der Waals surface area (Å²) < 4.78 is 51.3. The lowest BCUT2D eigenvalue weighted by Gasteiger charge is -2.20. The average Bonchev–Trinajstić information content (AvgIpc) is 2.60. The van der Waals surface area contributed by atoms with Gasteiger partial charge in [0.1, 0.15) is 5.25 Å². The summed E-state index contributed by atoms with van der Waals surface area (Å²) in [6.07, 6.45) is 0. The largest absolute Gasteiger partial charge is 0.224 e. The van der Waals surface area contributed by atoms with Gasteiger partial charge in [0.2, 0.25) is 10.0 Å². The first kappa shape index (κ1) is 15.5. The normalized spacial score (nSPS) is 21.6. The van der Waals surface area contributed by atoms with E-state index >= 15 is 0 Å². The number of hydrogen-bond donors (Lipinski definition) is 1. The molecule has 0 saturated carbocycles. The van der Waals surface area contributed by atoms with Crippen LogP contribution in [0.3, 0.4) is 0 Å². The van der Waals surface area contributed by atoms with E-state index in [4.69, 9.17) is 0 Å².